The van der Waals surface area contributed by atoms with Gasteiger partial charge in [-0.2, -0.15) is 5.10 Å². The van der Waals surface area contributed by atoms with Crippen LogP contribution in [0, 0.1) is 5.92 Å². The molecule has 144 valence electrons. The van der Waals surface area contributed by atoms with Crippen LogP contribution in [-0.4, -0.2) is 57.3 Å². The van der Waals surface area contributed by atoms with Gasteiger partial charge in [-0.25, -0.2) is 9.50 Å². The molecule has 4 heterocycles. The van der Waals surface area contributed by atoms with Crippen molar-refractivity contribution in [3.05, 3.63) is 39.8 Å². The molecule has 0 bridgehead atoms. The summed E-state index contributed by atoms with van der Waals surface area (Å²) in [4.78, 5) is 22.7. The minimum absolute atomic E-state index is 0.0865. The van der Waals surface area contributed by atoms with E-state index in [1.807, 2.05) is 0 Å². The largest absolute Gasteiger partial charge is 0.381 e. The van der Waals surface area contributed by atoms with Gasteiger partial charge in [-0.15, -0.1) is 0 Å². The van der Waals surface area contributed by atoms with Crippen molar-refractivity contribution in [2.24, 2.45) is 5.92 Å². The van der Waals surface area contributed by atoms with E-state index in [0.717, 1.165) is 57.3 Å². The van der Waals surface area contributed by atoms with E-state index in [4.69, 9.17) is 9.84 Å². The Hall–Kier alpha value is -1.99. The number of allylic oxidation sites excluding steroid dienone is 1. The number of nitrogens with one attached hydrogen (secondary N) is 1. The molecule has 3 fully saturated rings. The van der Waals surface area contributed by atoms with Crippen LogP contribution in [0.4, 0.5) is 0 Å². The second kappa shape index (κ2) is 6.87. The first-order valence-electron chi connectivity index (χ1n) is 10.1. The van der Waals surface area contributed by atoms with Crippen molar-refractivity contribution in [3.8, 4) is 0 Å². The predicted octanol–water partition coefficient (Wildman–Crippen LogP) is 2.07. The highest BCUT2D eigenvalue weighted by Crippen LogP contribution is 2.32. The first kappa shape index (κ1) is 17.1. The lowest BCUT2D eigenvalue weighted by atomic mass is 9.97. The number of hydrogen-bond donors (Lipinski definition) is 1. The fraction of sp³-hybridized carbons (Fsp3) is 0.650. The van der Waals surface area contributed by atoms with Crippen LogP contribution in [0.25, 0.3) is 5.52 Å². The molecule has 7 nitrogen and oxygen atoms in total. The summed E-state index contributed by atoms with van der Waals surface area (Å²) < 4.78 is 7.27. The zero-order valence-corrected chi connectivity index (χ0v) is 15.9. The van der Waals surface area contributed by atoms with E-state index >= 15 is 0 Å². The van der Waals surface area contributed by atoms with Gasteiger partial charge in [0, 0.05) is 44.7 Å². The van der Waals surface area contributed by atoms with Gasteiger partial charge >= 0.3 is 0 Å². The lowest BCUT2D eigenvalue weighted by molar-refractivity contribution is 0.0832. The van der Waals surface area contributed by atoms with Crippen LogP contribution in [0.3, 0.4) is 0 Å². The average molecular weight is 369 g/mol. The van der Waals surface area contributed by atoms with Gasteiger partial charge in [0.25, 0.3) is 5.56 Å². The number of hydrogen-bond acceptors (Lipinski definition) is 5. The molecule has 1 saturated carbocycles. The Bertz CT molecular complexity index is 918. The van der Waals surface area contributed by atoms with Crippen LogP contribution >= 0.6 is 0 Å². The summed E-state index contributed by atoms with van der Waals surface area (Å²) in [6.45, 7) is 6.76. The van der Waals surface area contributed by atoms with E-state index in [9.17, 15) is 4.79 Å². The Morgan fingerprint density at radius 1 is 1.30 bits per heavy atom. The highest BCUT2D eigenvalue weighted by Gasteiger charge is 2.33. The number of aromatic nitrogens is 4. The Balaban J connectivity index is 1.44. The number of nitrogens with zero attached hydrogens (tertiary/aromatic N) is 4. The molecule has 2 aromatic heterocycles. The maximum absolute atomic E-state index is 12.7. The average Bonchev–Trinajstić information content (AvgIpc) is 3.29. The van der Waals surface area contributed by atoms with Gasteiger partial charge < -0.3 is 9.72 Å². The maximum atomic E-state index is 12.7. The molecule has 0 amide bonds. The SMILES string of the molecule is CC1CN(CC=C2CC2)CC1c1nn2c(C3CCOCC3)ncc2c(=O)[nH]1. The van der Waals surface area contributed by atoms with Crippen molar-refractivity contribution in [2.45, 2.75) is 44.4 Å². The summed E-state index contributed by atoms with van der Waals surface area (Å²) in [5.74, 6) is 2.74. The summed E-state index contributed by atoms with van der Waals surface area (Å²) >= 11 is 0. The fourth-order valence-electron chi connectivity index (χ4n) is 4.44. The molecule has 2 atom stereocenters. The molecule has 2 aliphatic heterocycles. The molecule has 2 unspecified atom stereocenters. The molecule has 5 rings (SSSR count). The van der Waals surface area contributed by atoms with Crippen molar-refractivity contribution in [3.63, 3.8) is 0 Å². The van der Waals surface area contributed by atoms with Gasteiger partial charge in [0.15, 0.2) is 5.52 Å². The predicted molar refractivity (Wildman–Crippen MR) is 102 cm³/mol. The van der Waals surface area contributed by atoms with Crippen molar-refractivity contribution in [1.82, 2.24) is 24.5 Å². The Morgan fingerprint density at radius 3 is 2.89 bits per heavy atom. The molecular weight excluding hydrogens is 342 g/mol. The Kier molecular flexibility index (Phi) is 4.36. The smallest absolute Gasteiger partial charge is 0.276 e. The standard InChI is InChI=1S/C20H27N5O2/c1-13-11-24(7-4-14-2-3-14)12-16(13)18-22-20(26)17-10-21-19(25(17)23-18)15-5-8-27-9-6-15/h4,10,13,15-16H,2-3,5-9,11-12H2,1H3,(H,22,23,26). The summed E-state index contributed by atoms with van der Waals surface area (Å²) in [5.41, 5.74) is 2.04. The number of ether oxygens (including phenoxy) is 1. The van der Waals surface area contributed by atoms with Crippen LogP contribution in [-0.2, 0) is 4.74 Å². The summed E-state index contributed by atoms with van der Waals surface area (Å²) in [6.07, 6.45) is 8.44. The molecular formula is C20H27N5O2. The maximum Gasteiger partial charge on any atom is 0.276 e. The second-order valence-corrected chi connectivity index (χ2v) is 8.30. The molecule has 2 aromatic rings. The first-order valence-corrected chi connectivity index (χ1v) is 10.1. The molecule has 0 spiro atoms. The Morgan fingerprint density at radius 2 is 2.11 bits per heavy atom. The number of imidazole rings is 1. The van der Waals surface area contributed by atoms with Crippen molar-refractivity contribution in [1.29, 1.82) is 0 Å². The minimum Gasteiger partial charge on any atom is -0.381 e. The van der Waals surface area contributed by atoms with Crippen molar-refractivity contribution >= 4 is 5.52 Å². The van der Waals surface area contributed by atoms with E-state index in [0.29, 0.717) is 17.4 Å². The lowest BCUT2D eigenvalue weighted by Crippen LogP contribution is -2.24. The first-order chi connectivity index (χ1) is 13.2. The third kappa shape index (κ3) is 3.34. The molecule has 1 aliphatic carbocycles. The molecule has 1 N–H and O–H groups in total. The van der Waals surface area contributed by atoms with E-state index in [2.05, 4.69) is 27.9 Å². The van der Waals surface area contributed by atoms with E-state index in [1.165, 1.54) is 12.8 Å². The van der Waals surface area contributed by atoms with Gasteiger partial charge in [0.2, 0.25) is 0 Å². The third-order valence-corrected chi connectivity index (χ3v) is 6.25. The van der Waals surface area contributed by atoms with Gasteiger partial charge in [0.1, 0.15) is 11.6 Å². The van der Waals surface area contributed by atoms with Crippen LogP contribution in [0.5, 0.6) is 0 Å². The van der Waals surface area contributed by atoms with Crippen molar-refractivity contribution < 1.29 is 4.74 Å². The number of H-pyrrole nitrogens is 1. The van der Waals surface area contributed by atoms with Gasteiger partial charge in [-0.3, -0.25) is 9.69 Å². The summed E-state index contributed by atoms with van der Waals surface area (Å²) in [7, 11) is 0. The molecule has 0 aromatic carbocycles. The number of rotatable bonds is 4. The van der Waals surface area contributed by atoms with Crippen molar-refractivity contribution in [2.75, 3.05) is 32.8 Å². The molecule has 2 saturated heterocycles. The quantitative estimate of drug-likeness (QED) is 0.835. The highest BCUT2D eigenvalue weighted by molar-refractivity contribution is 5.42. The van der Waals surface area contributed by atoms with Crippen LogP contribution in [0.15, 0.2) is 22.6 Å². The van der Waals surface area contributed by atoms with Crippen LogP contribution in [0.1, 0.15) is 56.1 Å². The van der Waals surface area contributed by atoms with Gasteiger partial charge in [0.05, 0.1) is 6.20 Å². The summed E-state index contributed by atoms with van der Waals surface area (Å²) in [5, 5.41) is 4.86. The normalized spacial score (nSPS) is 26.8. The van der Waals surface area contributed by atoms with Crippen LogP contribution in [0.2, 0.25) is 0 Å². The number of aromatic amines is 1. The van der Waals surface area contributed by atoms with Gasteiger partial charge in [-0.05, 0) is 31.6 Å². The highest BCUT2D eigenvalue weighted by atomic mass is 16.5. The number of likely N-dealkylation sites (tertiary alicyclic amines) is 1. The number of fused-ring (bicyclic) bond motifs is 1. The molecule has 3 aliphatic rings. The third-order valence-electron chi connectivity index (χ3n) is 6.25. The molecule has 7 heteroatoms. The van der Waals surface area contributed by atoms with E-state index in [-0.39, 0.29) is 11.5 Å². The molecule has 0 radical (unpaired) electrons. The van der Waals surface area contributed by atoms with E-state index < -0.39 is 0 Å². The zero-order chi connectivity index (χ0) is 18.4. The van der Waals surface area contributed by atoms with Gasteiger partial charge in [-0.1, -0.05) is 18.6 Å². The summed E-state index contributed by atoms with van der Waals surface area (Å²) in [6, 6.07) is 0. The topological polar surface area (TPSA) is 75.5 Å². The monoisotopic (exact) mass is 369 g/mol. The Labute approximate surface area is 158 Å². The second-order valence-electron chi connectivity index (χ2n) is 8.30. The lowest BCUT2D eigenvalue weighted by Gasteiger charge is -2.21. The minimum atomic E-state index is -0.0865. The fourth-order valence-corrected chi connectivity index (χ4v) is 4.44. The van der Waals surface area contributed by atoms with Crippen LogP contribution < -0.4 is 5.56 Å². The van der Waals surface area contributed by atoms with E-state index in [1.54, 1.807) is 16.3 Å². The molecule has 27 heavy (non-hydrogen) atoms. The zero-order valence-electron chi connectivity index (χ0n) is 15.9.